The van der Waals surface area contributed by atoms with Gasteiger partial charge in [-0.1, -0.05) is 24.3 Å². The predicted molar refractivity (Wildman–Crippen MR) is 81.7 cm³/mol. The van der Waals surface area contributed by atoms with E-state index in [9.17, 15) is 0 Å². The van der Waals surface area contributed by atoms with Crippen LogP contribution in [0.3, 0.4) is 0 Å². The highest BCUT2D eigenvalue weighted by molar-refractivity contribution is 5.26. The fourth-order valence-corrected chi connectivity index (χ4v) is 2.88. The second kappa shape index (κ2) is 8.40. The fraction of sp³-hybridized carbons (Fsp3) is 0.647. The Morgan fingerprint density at radius 3 is 2.75 bits per heavy atom. The number of benzene rings is 1. The lowest BCUT2D eigenvalue weighted by atomic mass is 9.92. The predicted octanol–water partition coefficient (Wildman–Crippen LogP) is 3.27. The van der Waals surface area contributed by atoms with Gasteiger partial charge in [-0.15, -0.1) is 0 Å². The van der Waals surface area contributed by atoms with Crippen molar-refractivity contribution in [2.24, 2.45) is 0 Å². The smallest absolute Gasteiger partial charge is 0.0719 e. The Labute approximate surface area is 122 Å². The van der Waals surface area contributed by atoms with E-state index < -0.39 is 0 Å². The molecule has 112 valence electrons. The summed E-state index contributed by atoms with van der Waals surface area (Å²) in [4.78, 5) is 0. The first-order chi connectivity index (χ1) is 9.83. The zero-order valence-electron chi connectivity index (χ0n) is 12.7. The number of methoxy groups -OCH3 is 1. The number of hydrogen-bond acceptors (Lipinski definition) is 3. The summed E-state index contributed by atoms with van der Waals surface area (Å²) in [5.41, 5.74) is 2.64. The Hall–Kier alpha value is -0.900. The summed E-state index contributed by atoms with van der Waals surface area (Å²) in [5, 5.41) is 3.68. The molecule has 1 aliphatic rings. The Kier molecular flexibility index (Phi) is 6.51. The molecule has 2 unspecified atom stereocenters. The monoisotopic (exact) mass is 277 g/mol. The molecular weight excluding hydrogens is 250 g/mol. The minimum atomic E-state index is 0.430. The largest absolute Gasteiger partial charge is 0.381 e. The van der Waals surface area contributed by atoms with Gasteiger partial charge in [0.25, 0.3) is 0 Å². The molecule has 1 aromatic rings. The molecule has 1 aliphatic carbocycles. The highest BCUT2D eigenvalue weighted by Gasteiger charge is 2.21. The van der Waals surface area contributed by atoms with Crippen LogP contribution in [0.25, 0.3) is 0 Å². The summed E-state index contributed by atoms with van der Waals surface area (Å²) in [5.74, 6) is 0. The second-order valence-corrected chi connectivity index (χ2v) is 5.51. The van der Waals surface area contributed by atoms with Crippen molar-refractivity contribution in [3.8, 4) is 0 Å². The maximum atomic E-state index is 5.54. The minimum absolute atomic E-state index is 0.430. The highest BCUT2D eigenvalue weighted by atomic mass is 16.5. The molecule has 1 fully saturated rings. The van der Waals surface area contributed by atoms with E-state index in [1.165, 1.54) is 30.4 Å². The molecule has 0 spiro atoms. The van der Waals surface area contributed by atoms with E-state index in [4.69, 9.17) is 9.47 Å². The first-order valence-electron chi connectivity index (χ1n) is 7.74. The van der Waals surface area contributed by atoms with E-state index in [1.807, 2.05) is 14.0 Å². The summed E-state index contributed by atoms with van der Waals surface area (Å²) in [7, 11) is 1.82. The first kappa shape index (κ1) is 15.5. The molecule has 1 N–H and O–H groups in total. The molecule has 0 aliphatic heterocycles. The van der Waals surface area contributed by atoms with Crippen LogP contribution in [0.1, 0.15) is 43.7 Å². The first-order valence-corrected chi connectivity index (χ1v) is 7.74. The summed E-state index contributed by atoms with van der Waals surface area (Å²) >= 11 is 0. The van der Waals surface area contributed by atoms with E-state index in [0.717, 1.165) is 19.6 Å². The molecule has 0 saturated heterocycles. The molecule has 20 heavy (non-hydrogen) atoms. The molecule has 0 aromatic heterocycles. The van der Waals surface area contributed by atoms with Gasteiger partial charge >= 0.3 is 0 Å². The van der Waals surface area contributed by atoms with Crippen LogP contribution in [0, 0.1) is 0 Å². The molecule has 3 nitrogen and oxygen atoms in total. The zero-order valence-corrected chi connectivity index (χ0v) is 12.7. The molecule has 0 bridgehead atoms. The number of hydrogen-bond donors (Lipinski definition) is 1. The molecule has 0 radical (unpaired) electrons. The SMILES string of the molecule is CCOCc1ccccc1CNC1CCCC(OC)C1. The van der Waals surface area contributed by atoms with Crippen molar-refractivity contribution in [1.82, 2.24) is 5.32 Å². The zero-order chi connectivity index (χ0) is 14.2. The maximum Gasteiger partial charge on any atom is 0.0719 e. The van der Waals surface area contributed by atoms with Gasteiger partial charge in [-0.2, -0.15) is 0 Å². The third-order valence-corrected chi connectivity index (χ3v) is 4.12. The standard InChI is InChI=1S/C17H27NO2/c1-3-20-13-15-8-5-4-7-14(15)12-18-16-9-6-10-17(11-16)19-2/h4-5,7-8,16-18H,3,6,9-13H2,1-2H3. The van der Waals surface area contributed by atoms with E-state index in [2.05, 4.69) is 29.6 Å². The molecular formula is C17H27NO2. The van der Waals surface area contributed by atoms with Crippen LogP contribution in [0.4, 0.5) is 0 Å². The van der Waals surface area contributed by atoms with Crippen molar-refractivity contribution in [1.29, 1.82) is 0 Å². The number of ether oxygens (including phenoxy) is 2. The Morgan fingerprint density at radius 2 is 2.00 bits per heavy atom. The van der Waals surface area contributed by atoms with Gasteiger partial charge in [0.15, 0.2) is 0 Å². The molecule has 2 atom stereocenters. The Bertz CT molecular complexity index is 394. The highest BCUT2D eigenvalue weighted by Crippen LogP contribution is 2.21. The van der Waals surface area contributed by atoms with Crippen LogP contribution in [-0.4, -0.2) is 25.9 Å². The van der Waals surface area contributed by atoms with Crippen LogP contribution in [0.15, 0.2) is 24.3 Å². The quantitative estimate of drug-likeness (QED) is 0.829. The number of nitrogens with one attached hydrogen (secondary N) is 1. The van der Waals surface area contributed by atoms with Gasteiger partial charge in [-0.05, 0) is 43.7 Å². The van der Waals surface area contributed by atoms with E-state index >= 15 is 0 Å². The third kappa shape index (κ3) is 4.58. The number of rotatable bonds is 7. The summed E-state index contributed by atoms with van der Waals surface area (Å²) in [6.07, 6.45) is 5.28. The summed E-state index contributed by atoms with van der Waals surface area (Å²) in [6.45, 7) is 4.43. The summed E-state index contributed by atoms with van der Waals surface area (Å²) in [6, 6.07) is 9.11. The van der Waals surface area contributed by atoms with Gasteiger partial charge in [0.2, 0.25) is 0 Å². The normalized spacial score (nSPS) is 22.9. The lowest BCUT2D eigenvalue weighted by Gasteiger charge is -2.29. The molecule has 0 heterocycles. The van der Waals surface area contributed by atoms with Crippen molar-refractivity contribution in [2.75, 3.05) is 13.7 Å². The van der Waals surface area contributed by atoms with Crippen LogP contribution < -0.4 is 5.32 Å². The van der Waals surface area contributed by atoms with Crippen molar-refractivity contribution in [2.45, 2.75) is 57.9 Å². The van der Waals surface area contributed by atoms with Crippen LogP contribution in [-0.2, 0) is 22.6 Å². The lowest BCUT2D eigenvalue weighted by Crippen LogP contribution is -2.36. The lowest BCUT2D eigenvalue weighted by molar-refractivity contribution is 0.0585. The van der Waals surface area contributed by atoms with Crippen LogP contribution >= 0.6 is 0 Å². The van der Waals surface area contributed by atoms with Gasteiger partial charge in [0, 0.05) is 26.3 Å². The molecule has 2 rings (SSSR count). The van der Waals surface area contributed by atoms with Gasteiger partial charge in [-0.25, -0.2) is 0 Å². The van der Waals surface area contributed by atoms with Gasteiger partial charge in [0.05, 0.1) is 12.7 Å². The van der Waals surface area contributed by atoms with Gasteiger partial charge < -0.3 is 14.8 Å². The van der Waals surface area contributed by atoms with Crippen LogP contribution in [0.5, 0.6) is 0 Å². The third-order valence-electron chi connectivity index (χ3n) is 4.12. The van der Waals surface area contributed by atoms with E-state index in [0.29, 0.717) is 18.8 Å². The van der Waals surface area contributed by atoms with Crippen molar-refractivity contribution in [3.05, 3.63) is 35.4 Å². The van der Waals surface area contributed by atoms with E-state index in [-0.39, 0.29) is 0 Å². The van der Waals surface area contributed by atoms with Gasteiger partial charge in [0.1, 0.15) is 0 Å². The van der Waals surface area contributed by atoms with Gasteiger partial charge in [-0.3, -0.25) is 0 Å². The average molecular weight is 277 g/mol. The molecule has 0 amide bonds. The van der Waals surface area contributed by atoms with Crippen molar-refractivity contribution in [3.63, 3.8) is 0 Å². The average Bonchev–Trinajstić information content (AvgIpc) is 2.52. The maximum absolute atomic E-state index is 5.54. The van der Waals surface area contributed by atoms with Crippen LogP contribution in [0.2, 0.25) is 0 Å². The fourth-order valence-electron chi connectivity index (χ4n) is 2.88. The molecule has 1 saturated carbocycles. The topological polar surface area (TPSA) is 30.5 Å². The van der Waals surface area contributed by atoms with Crippen molar-refractivity contribution >= 4 is 0 Å². The van der Waals surface area contributed by atoms with E-state index in [1.54, 1.807) is 0 Å². The second-order valence-electron chi connectivity index (χ2n) is 5.51. The molecule has 3 heteroatoms. The molecule has 1 aromatic carbocycles. The minimum Gasteiger partial charge on any atom is -0.381 e. The summed E-state index contributed by atoms with van der Waals surface area (Å²) < 4.78 is 11.0. The van der Waals surface area contributed by atoms with Crippen molar-refractivity contribution < 1.29 is 9.47 Å². The Morgan fingerprint density at radius 1 is 1.20 bits per heavy atom. The Balaban J connectivity index is 1.86.